The average molecular weight is 604 g/mol. The first-order valence-corrected chi connectivity index (χ1v) is 16.0. The Hall–Kier alpha value is -1.16. The van der Waals surface area contributed by atoms with Crippen LogP contribution in [0.3, 0.4) is 0 Å². The van der Waals surface area contributed by atoms with Gasteiger partial charge in [-0.1, -0.05) is 78.1 Å². The molecule has 0 saturated carbocycles. The molecular formula is C24H42N3NaO9S2. The van der Waals surface area contributed by atoms with Gasteiger partial charge in [-0.25, -0.2) is 31.9 Å². The number of esters is 2. The van der Waals surface area contributed by atoms with Gasteiger partial charge < -0.3 is 14.0 Å². The van der Waals surface area contributed by atoms with E-state index in [1.54, 1.807) is 0 Å². The van der Waals surface area contributed by atoms with Crippen LogP contribution in [0.25, 0.3) is 0 Å². The molecule has 0 saturated heterocycles. The monoisotopic (exact) mass is 603 g/mol. The van der Waals surface area contributed by atoms with Gasteiger partial charge in [-0.2, -0.15) is 0 Å². The van der Waals surface area contributed by atoms with E-state index < -0.39 is 43.8 Å². The van der Waals surface area contributed by atoms with Crippen LogP contribution in [0, 0.1) is 0 Å². The molecule has 39 heavy (non-hydrogen) atoms. The summed E-state index contributed by atoms with van der Waals surface area (Å²) in [7, 11) is -8.71. The summed E-state index contributed by atoms with van der Waals surface area (Å²) < 4.78 is 64.8. The summed E-state index contributed by atoms with van der Waals surface area (Å²) in [5.74, 6) is -2.03. The number of nitrogens with two attached hydrogens (primary N) is 1. The van der Waals surface area contributed by atoms with Crippen LogP contribution in [0.5, 0.6) is 0 Å². The summed E-state index contributed by atoms with van der Waals surface area (Å²) in [6.07, 6.45) is 13.8. The molecule has 1 atom stereocenters. The van der Waals surface area contributed by atoms with Crippen LogP contribution < -0.4 is 34.7 Å². The second kappa shape index (κ2) is 23.5. The number of rotatable bonds is 19. The Morgan fingerprint density at radius 2 is 1.26 bits per heavy atom. The molecule has 15 heteroatoms. The van der Waals surface area contributed by atoms with E-state index in [1.165, 1.54) is 24.9 Å². The molecule has 0 amide bonds. The van der Waals surface area contributed by atoms with Gasteiger partial charge in [0.1, 0.15) is 10.1 Å². The third-order valence-electron chi connectivity index (χ3n) is 5.26. The second-order valence-electron chi connectivity index (χ2n) is 8.69. The minimum Gasteiger partial charge on any atom is -0.747 e. The minimum atomic E-state index is -4.98. The van der Waals surface area contributed by atoms with Crippen LogP contribution in [-0.4, -0.2) is 61.8 Å². The number of hydrogen-bond acceptors (Lipinski definition) is 11. The van der Waals surface area contributed by atoms with Crippen molar-refractivity contribution in [2.24, 2.45) is 5.14 Å². The predicted octanol–water partition coefficient (Wildman–Crippen LogP) is 0.226. The van der Waals surface area contributed by atoms with Gasteiger partial charge in [0, 0.05) is 12.4 Å². The molecule has 12 nitrogen and oxygen atoms in total. The number of primary sulfonamides is 1. The maximum absolute atomic E-state index is 11.9. The van der Waals surface area contributed by atoms with E-state index in [9.17, 15) is 31.0 Å². The molecule has 0 spiro atoms. The number of carbonyl (C=O) groups is 2. The van der Waals surface area contributed by atoms with Gasteiger partial charge in [0.15, 0.2) is 5.25 Å². The third kappa shape index (κ3) is 22.2. The number of sulfonamides is 1. The van der Waals surface area contributed by atoms with Gasteiger partial charge >= 0.3 is 41.5 Å². The predicted molar refractivity (Wildman–Crippen MR) is 140 cm³/mol. The second-order valence-corrected chi connectivity index (χ2v) is 11.7. The van der Waals surface area contributed by atoms with Crippen molar-refractivity contribution < 1.29 is 70.0 Å². The van der Waals surface area contributed by atoms with Gasteiger partial charge in [-0.15, -0.1) is 0 Å². The summed E-state index contributed by atoms with van der Waals surface area (Å²) in [6.45, 7) is 4.44. The van der Waals surface area contributed by atoms with Gasteiger partial charge in [0.05, 0.1) is 19.6 Å². The molecule has 1 aromatic heterocycles. The number of aromatic nitrogens is 2. The Morgan fingerprint density at radius 3 is 1.67 bits per heavy atom. The summed E-state index contributed by atoms with van der Waals surface area (Å²) >= 11 is 0. The first kappa shape index (κ1) is 40.0. The maximum Gasteiger partial charge on any atom is 1.00 e. The number of nitrogens with zero attached hydrogens (tertiary/aromatic N) is 2. The zero-order valence-electron chi connectivity index (χ0n) is 23.4. The minimum absolute atomic E-state index is 0. The van der Waals surface area contributed by atoms with Crippen LogP contribution in [-0.2, 0) is 39.2 Å². The zero-order valence-corrected chi connectivity index (χ0v) is 27.0. The van der Waals surface area contributed by atoms with Crippen molar-refractivity contribution in [2.45, 2.75) is 108 Å². The average Bonchev–Trinajstić information content (AvgIpc) is 2.86. The van der Waals surface area contributed by atoms with Crippen molar-refractivity contribution in [3.05, 3.63) is 18.5 Å². The first-order chi connectivity index (χ1) is 17.9. The molecule has 0 radical (unpaired) electrons. The molecule has 2 N–H and O–H groups in total. The molecular weight excluding hydrogens is 561 g/mol. The molecule has 0 aliphatic heterocycles. The van der Waals surface area contributed by atoms with Crippen molar-refractivity contribution in [1.82, 2.24) is 9.97 Å². The van der Waals surface area contributed by atoms with E-state index in [0.717, 1.165) is 57.8 Å². The van der Waals surface area contributed by atoms with Gasteiger partial charge in [-0.05, 0) is 18.9 Å². The molecule has 0 aliphatic rings. The number of unbranched alkanes of at least 4 members (excludes halogenated alkanes) is 10. The first-order valence-electron chi connectivity index (χ1n) is 13.0. The number of carbonyl (C=O) groups excluding carboxylic acids is 2. The largest absolute Gasteiger partial charge is 1.00 e. The van der Waals surface area contributed by atoms with E-state index in [2.05, 4.69) is 23.8 Å². The smallest absolute Gasteiger partial charge is 0.747 e. The molecule has 1 heterocycles. The molecule has 1 aromatic rings. The van der Waals surface area contributed by atoms with Gasteiger partial charge in [0.2, 0.25) is 0 Å². The summed E-state index contributed by atoms with van der Waals surface area (Å²) in [6, 6.07) is 1.51. The Labute approximate surface area is 255 Å². The van der Waals surface area contributed by atoms with Crippen molar-refractivity contribution in [3.8, 4) is 0 Å². The van der Waals surface area contributed by atoms with Crippen LogP contribution >= 0.6 is 0 Å². The normalized spacial score (nSPS) is 11.9. The zero-order chi connectivity index (χ0) is 28.9. The molecule has 0 aromatic carbocycles. The number of hydrogen-bond donors (Lipinski definition) is 1. The quantitative estimate of drug-likeness (QED) is 0.0747. The van der Waals surface area contributed by atoms with Crippen molar-refractivity contribution >= 4 is 32.1 Å². The van der Waals surface area contributed by atoms with Crippen LogP contribution in [0.4, 0.5) is 0 Å². The summed E-state index contributed by atoms with van der Waals surface area (Å²) in [4.78, 5) is 30.6. The molecule has 0 fully saturated rings. The standard InChI is InChI=1S/C20H38O7S.C4H5N3O2S.Na/c1-3-5-7-9-11-13-15-26-19(21)17-18(28(23,24)25)20(22)27-16-14-12-10-8-6-4-2;5-10(8,9)4-6-2-1-3-7-4;/h18H,3-17H2,1-2H3,(H,23,24,25);1-3H,(H2,5,8,9);/q;;+1/p-1. The fraction of sp³-hybridized carbons (Fsp3) is 0.750. The van der Waals surface area contributed by atoms with Crippen LogP contribution in [0.15, 0.2) is 23.6 Å². The van der Waals surface area contributed by atoms with Crippen molar-refractivity contribution in [1.29, 1.82) is 0 Å². The summed E-state index contributed by atoms with van der Waals surface area (Å²) in [5, 5.41) is 2.31. The van der Waals surface area contributed by atoms with E-state index in [1.807, 2.05) is 0 Å². The fourth-order valence-corrected chi connectivity index (χ4v) is 4.22. The Morgan fingerprint density at radius 1 is 0.821 bits per heavy atom. The molecule has 1 rings (SSSR count). The van der Waals surface area contributed by atoms with E-state index in [4.69, 9.17) is 14.6 Å². The van der Waals surface area contributed by atoms with E-state index in [-0.39, 0.29) is 47.9 Å². The Balaban J connectivity index is 0. The van der Waals surface area contributed by atoms with Crippen LogP contribution in [0.1, 0.15) is 97.3 Å². The van der Waals surface area contributed by atoms with Gasteiger partial charge in [0.25, 0.3) is 15.2 Å². The SMILES string of the molecule is CCCCCCCCOC(=O)CC(C(=O)OCCCCCCCC)S(=O)(=O)[O-].NS(=O)(=O)c1ncccn1.[Na+]. The van der Waals surface area contributed by atoms with E-state index in [0.29, 0.717) is 12.8 Å². The van der Waals surface area contributed by atoms with Gasteiger partial charge in [-0.3, -0.25) is 9.59 Å². The Bertz CT molecular complexity index is 995. The molecule has 220 valence electrons. The maximum atomic E-state index is 11.9. The molecule has 0 aliphatic carbocycles. The van der Waals surface area contributed by atoms with Crippen molar-refractivity contribution in [2.75, 3.05) is 13.2 Å². The van der Waals surface area contributed by atoms with E-state index >= 15 is 0 Å². The van der Waals surface area contributed by atoms with Crippen molar-refractivity contribution in [3.63, 3.8) is 0 Å². The van der Waals surface area contributed by atoms with Crippen LogP contribution in [0.2, 0.25) is 0 Å². The third-order valence-corrected chi connectivity index (χ3v) is 7.04. The topological polar surface area (TPSA) is 196 Å². The fourth-order valence-electron chi connectivity index (χ4n) is 3.16. The summed E-state index contributed by atoms with van der Waals surface area (Å²) in [5.41, 5.74) is 0. The molecule has 0 bridgehead atoms. The number of ether oxygens (including phenoxy) is 2. The Kier molecular flexibility index (Phi) is 24.1. The molecule has 1 unspecified atom stereocenters.